The number of nitrogens with zero attached hydrogens (tertiary/aromatic N) is 4. The molecule has 7 rings (SSSR count). The number of thiazole rings is 1. The highest BCUT2D eigenvalue weighted by Gasteiger charge is 2.63. The number of hydrogen-bond donors (Lipinski definition) is 3. The number of nitrogens with one attached hydrogen (secondary N) is 3. The van der Waals surface area contributed by atoms with Crippen LogP contribution in [0.4, 0.5) is 10.1 Å². The van der Waals surface area contributed by atoms with Crippen LogP contribution in [0.2, 0.25) is 0 Å². The maximum Gasteiger partial charge on any atom is 0.259 e. The summed E-state index contributed by atoms with van der Waals surface area (Å²) in [7, 11) is -2.45. The maximum atomic E-state index is 14.9. The normalized spacial score (nSPS) is 21.7. The third kappa shape index (κ3) is 9.59. The van der Waals surface area contributed by atoms with Crippen LogP contribution in [0.25, 0.3) is 21.7 Å². The highest BCUT2D eigenvalue weighted by Crippen LogP contribution is 2.47. The van der Waals surface area contributed by atoms with Gasteiger partial charge in [-0.25, -0.2) is 22.8 Å². The quantitative estimate of drug-likeness (QED) is 0.0596. The van der Waals surface area contributed by atoms with Gasteiger partial charge in [-0.05, 0) is 88.6 Å². The van der Waals surface area contributed by atoms with Crippen LogP contribution in [0.15, 0.2) is 67.1 Å². The van der Waals surface area contributed by atoms with E-state index in [2.05, 4.69) is 42.4 Å². The van der Waals surface area contributed by atoms with Crippen molar-refractivity contribution in [3.63, 3.8) is 0 Å². The van der Waals surface area contributed by atoms with Crippen molar-refractivity contribution in [2.24, 2.45) is 5.92 Å². The Morgan fingerprint density at radius 3 is 2.52 bits per heavy atom. The van der Waals surface area contributed by atoms with Crippen LogP contribution in [0, 0.1) is 18.7 Å². The molecule has 3 aliphatic rings. The first-order valence-corrected chi connectivity index (χ1v) is 23.8. The fourth-order valence-corrected chi connectivity index (χ4v) is 10.3. The number of fused-ring (bicyclic) bond motifs is 1. The van der Waals surface area contributed by atoms with E-state index in [0.717, 1.165) is 30.5 Å². The zero-order valence-electron chi connectivity index (χ0n) is 36.4. The number of amides is 3. The van der Waals surface area contributed by atoms with Gasteiger partial charge in [0.15, 0.2) is 10.8 Å². The number of unbranched alkanes of at least 4 members (excludes halogenated alkanes) is 3. The van der Waals surface area contributed by atoms with Crippen molar-refractivity contribution < 1.29 is 36.7 Å². The zero-order valence-corrected chi connectivity index (χ0v) is 38.0. The minimum atomic E-state index is -4.03. The van der Waals surface area contributed by atoms with Crippen LogP contribution >= 0.6 is 11.3 Å². The Morgan fingerprint density at radius 2 is 1.87 bits per heavy atom. The summed E-state index contributed by atoms with van der Waals surface area (Å²) in [6, 6.07) is 7.41. The molecule has 2 aliphatic carbocycles. The number of likely N-dealkylation sites (tertiary alicyclic amines) is 1. The van der Waals surface area contributed by atoms with Gasteiger partial charge in [0, 0.05) is 29.0 Å². The fourth-order valence-electron chi connectivity index (χ4n) is 8.05. The number of allylic oxidation sites excluding steroid dienone is 1. The largest absolute Gasteiger partial charge is 0.496 e. The number of ether oxygens (including phenoxy) is 2. The lowest BCUT2D eigenvalue weighted by Crippen LogP contribution is -2.58. The number of hydrogen-bond acceptors (Lipinski definition) is 12. The van der Waals surface area contributed by atoms with E-state index in [4.69, 9.17) is 24.4 Å². The third-order valence-electron chi connectivity index (χ3n) is 12.4. The van der Waals surface area contributed by atoms with Crippen LogP contribution in [0.3, 0.4) is 0 Å². The summed E-state index contributed by atoms with van der Waals surface area (Å²) < 4.78 is 54.3. The lowest BCUT2D eigenvalue weighted by Gasteiger charge is -2.30. The van der Waals surface area contributed by atoms with Crippen molar-refractivity contribution in [2.75, 3.05) is 19.0 Å². The fraction of sp³-hybridized carbons (Fsp3) is 0.478. The molecule has 4 aromatic rings. The smallest absolute Gasteiger partial charge is 0.259 e. The Balaban J connectivity index is 1.24. The van der Waals surface area contributed by atoms with Gasteiger partial charge in [-0.15, -0.1) is 24.5 Å². The van der Waals surface area contributed by atoms with Gasteiger partial charge < -0.3 is 25.0 Å². The van der Waals surface area contributed by atoms with E-state index in [1.54, 1.807) is 38.3 Å². The lowest BCUT2D eigenvalue weighted by atomic mass is 10.0. The van der Waals surface area contributed by atoms with E-state index in [1.165, 1.54) is 34.4 Å². The minimum absolute atomic E-state index is 0.00112. The van der Waals surface area contributed by atoms with Crippen LogP contribution in [-0.4, -0.2) is 88.1 Å². The summed E-state index contributed by atoms with van der Waals surface area (Å²) in [4.78, 5) is 59.5. The number of aryl methyl sites for hydroxylation is 1. The number of anilines is 1. The molecule has 2 aromatic carbocycles. The van der Waals surface area contributed by atoms with Gasteiger partial charge in [-0.1, -0.05) is 44.9 Å². The molecule has 0 radical (unpaired) electrons. The summed E-state index contributed by atoms with van der Waals surface area (Å²) in [5.41, 5.74) is 1.04. The summed E-state index contributed by atoms with van der Waals surface area (Å²) in [6.45, 7) is 15.2. The van der Waals surface area contributed by atoms with E-state index in [-0.39, 0.29) is 31.2 Å². The number of carbonyl (C=O) groups excluding carboxylic acids is 3. The molecule has 3 fully saturated rings. The molecular formula is C46H56FN7O7S2. The van der Waals surface area contributed by atoms with E-state index < -0.39 is 68.0 Å². The van der Waals surface area contributed by atoms with Gasteiger partial charge in [0.1, 0.15) is 35.3 Å². The van der Waals surface area contributed by atoms with Gasteiger partial charge in [-0.2, -0.15) is 4.98 Å². The predicted octanol–water partition coefficient (Wildman–Crippen LogP) is 7.36. The van der Waals surface area contributed by atoms with E-state index >= 15 is 0 Å². The second-order valence-electron chi connectivity index (χ2n) is 17.4. The SMILES string of the molecule is C=CCCCCCC(Nc1cccc(F)c1)C(=O)N1CC(Oc2nc(-c3nc(C(C)C)cs3)nc3c(C)c(OC)ccc23)CC1C(=O)NC1(C(=O)NS(=O)(=O)C2(C)CC2)CC1C=C. The van der Waals surface area contributed by atoms with Gasteiger partial charge in [0.2, 0.25) is 27.7 Å². The number of halogens is 1. The molecule has 14 nitrogen and oxygen atoms in total. The van der Waals surface area contributed by atoms with E-state index in [0.29, 0.717) is 58.9 Å². The van der Waals surface area contributed by atoms with Gasteiger partial charge in [0.05, 0.1) is 35.0 Å². The lowest BCUT2D eigenvalue weighted by molar-refractivity contribution is -0.140. The number of carbonyl (C=O) groups is 3. The standard InChI is InChI=1S/C46H56FN7O7S2/c1-8-10-11-12-13-17-34(48-31-16-14-15-30(47)22-31)43(56)54-25-32(23-36(54)40(55)52-46(24-29(46)9-2)44(57)53-63(58,59)45(6)20-21-45)61-41-33-18-19-37(60-7)28(5)38(33)50-39(51-41)42-49-35(26-62-42)27(3)4/h8-9,14-16,18-19,22,26-27,29,32,34,36,48H,1-2,10-13,17,20-21,23-25H2,3-7H3,(H,52,55)(H,53,57). The van der Waals surface area contributed by atoms with Gasteiger partial charge in [0.25, 0.3) is 5.91 Å². The first-order valence-electron chi connectivity index (χ1n) is 21.5. The van der Waals surface area contributed by atoms with Gasteiger partial charge >= 0.3 is 0 Å². The van der Waals surface area contributed by atoms with Crippen molar-refractivity contribution in [3.05, 3.63) is 84.2 Å². The molecule has 2 saturated carbocycles. The minimum Gasteiger partial charge on any atom is -0.496 e. The van der Waals surface area contributed by atoms with Crippen molar-refractivity contribution in [1.29, 1.82) is 0 Å². The Morgan fingerprint density at radius 1 is 1.10 bits per heavy atom. The van der Waals surface area contributed by atoms with Crippen LogP contribution in [-0.2, 0) is 24.4 Å². The number of benzene rings is 2. The molecule has 0 spiro atoms. The monoisotopic (exact) mass is 901 g/mol. The average molecular weight is 902 g/mol. The Labute approximate surface area is 372 Å². The van der Waals surface area contributed by atoms with E-state index in [1.807, 2.05) is 18.4 Å². The molecule has 5 atom stereocenters. The second kappa shape index (κ2) is 18.4. The Hall–Kier alpha value is -5.42. The molecule has 63 heavy (non-hydrogen) atoms. The molecule has 3 heterocycles. The average Bonchev–Trinajstić information content (AvgIpc) is 4.04. The third-order valence-corrected chi connectivity index (χ3v) is 15.4. The second-order valence-corrected chi connectivity index (χ2v) is 20.4. The molecule has 2 aromatic heterocycles. The van der Waals surface area contributed by atoms with Crippen molar-refractivity contribution >= 4 is 55.7 Å². The topological polar surface area (TPSA) is 182 Å². The molecule has 3 N–H and O–H groups in total. The van der Waals surface area contributed by atoms with Crippen molar-refractivity contribution in [2.45, 2.75) is 120 Å². The molecule has 17 heteroatoms. The number of rotatable bonds is 20. The Bertz CT molecular complexity index is 2530. The van der Waals surface area contributed by atoms with Crippen LogP contribution < -0.4 is 24.8 Å². The predicted molar refractivity (Wildman–Crippen MR) is 242 cm³/mol. The molecule has 5 unspecified atom stereocenters. The number of aromatic nitrogens is 3. The highest BCUT2D eigenvalue weighted by atomic mass is 32.2. The van der Waals surface area contributed by atoms with E-state index in [9.17, 15) is 27.2 Å². The first kappa shape index (κ1) is 45.6. The van der Waals surface area contributed by atoms with Crippen molar-refractivity contribution in [3.8, 4) is 22.5 Å². The van der Waals surface area contributed by atoms with Crippen LogP contribution in [0.1, 0.15) is 95.7 Å². The van der Waals surface area contributed by atoms with Crippen molar-refractivity contribution in [1.82, 2.24) is 29.9 Å². The maximum absolute atomic E-state index is 14.9. The Kier molecular flexibility index (Phi) is 13.3. The highest BCUT2D eigenvalue weighted by molar-refractivity contribution is 7.91. The zero-order chi connectivity index (χ0) is 45.3. The summed E-state index contributed by atoms with van der Waals surface area (Å²) >= 11 is 1.41. The van der Waals surface area contributed by atoms with Gasteiger partial charge in [-0.3, -0.25) is 19.1 Å². The summed E-state index contributed by atoms with van der Waals surface area (Å²) in [6.07, 6.45) is 7.06. The molecule has 1 aliphatic heterocycles. The molecule has 1 saturated heterocycles. The molecular weight excluding hydrogens is 846 g/mol. The van der Waals surface area contributed by atoms with Crippen LogP contribution in [0.5, 0.6) is 11.6 Å². The summed E-state index contributed by atoms with van der Waals surface area (Å²) in [5.74, 6) is -1.60. The number of methoxy groups -OCH3 is 1. The molecule has 336 valence electrons. The molecule has 0 bridgehead atoms. The number of sulfonamides is 1. The first-order chi connectivity index (χ1) is 30.0. The summed E-state index contributed by atoms with van der Waals surface area (Å²) in [5, 5.41) is 9.23. The molecule has 3 amide bonds.